The lowest BCUT2D eigenvalue weighted by atomic mass is 9.91. The van der Waals surface area contributed by atoms with E-state index in [0.29, 0.717) is 17.7 Å². The summed E-state index contributed by atoms with van der Waals surface area (Å²) in [5.41, 5.74) is -0.643. The number of benzene rings is 1. The zero-order valence-corrected chi connectivity index (χ0v) is 10.8. The third-order valence-corrected chi connectivity index (χ3v) is 3.50. The van der Waals surface area contributed by atoms with Crippen LogP contribution in [0, 0.1) is 0 Å². The minimum absolute atomic E-state index is 0.0842. The van der Waals surface area contributed by atoms with Crippen LogP contribution in [0.4, 0.5) is 13.2 Å². The average Bonchev–Trinajstić information content (AvgIpc) is 2.74. The molecule has 0 radical (unpaired) electrons. The molecule has 0 heterocycles. The Balaban J connectivity index is 2.40. The predicted octanol–water partition coefficient (Wildman–Crippen LogP) is 2.07. The van der Waals surface area contributed by atoms with Gasteiger partial charge in [0, 0.05) is 0 Å². The topological polar surface area (TPSA) is 58.6 Å². The van der Waals surface area contributed by atoms with E-state index in [4.69, 9.17) is 4.74 Å². The normalized spacial score (nSPS) is 21.6. The smallest absolute Gasteiger partial charge is 0.401 e. The van der Waals surface area contributed by atoms with E-state index in [9.17, 15) is 23.1 Å². The van der Waals surface area contributed by atoms with Crippen LogP contribution in [-0.4, -0.2) is 30.9 Å². The maximum atomic E-state index is 12.4. The standard InChI is InChI=1S/C13H14F3NO3/c1-20-9-3-2-8-4-5-12(11(18)19,10(8)6-9)17-7-13(14,15)16/h2-3,6,17H,4-5,7H2,1H3,(H,18,19). The highest BCUT2D eigenvalue weighted by Gasteiger charge is 2.47. The first-order chi connectivity index (χ1) is 9.28. The van der Waals surface area contributed by atoms with Crippen LogP contribution in [0.2, 0.25) is 0 Å². The maximum absolute atomic E-state index is 12.4. The number of aryl methyl sites for hydroxylation is 1. The number of carboxylic acids is 1. The second-order valence-electron chi connectivity index (χ2n) is 4.70. The highest BCUT2D eigenvalue weighted by atomic mass is 19.4. The molecule has 0 aromatic heterocycles. The fraction of sp³-hybridized carbons (Fsp3) is 0.462. The molecule has 0 saturated carbocycles. The number of aliphatic carboxylic acids is 1. The van der Waals surface area contributed by atoms with Gasteiger partial charge in [0.1, 0.15) is 11.3 Å². The molecule has 1 aromatic rings. The van der Waals surface area contributed by atoms with E-state index in [-0.39, 0.29) is 6.42 Å². The molecule has 0 fully saturated rings. The molecular formula is C13H14F3NO3. The average molecular weight is 289 g/mol. The molecule has 2 rings (SSSR count). The van der Waals surface area contributed by atoms with Crippen LogP contribution < -0.4 is 10.1 Å². The minimum atomic E-state index is -4.47. The van der Waals surface area contributed by atoms with Gasteiger partial charge in [-0.1, -0.05) is 6.07 Å². The molecule has 0 spiro atoms. The molecule has 1 atom stereocenters. The van der Waals surface area contributed by atoms with Gasteiger partial charge in [0.25, 0.3) is 0 Å². The van der Waals surface area contributed by atoms with Crippen molar-refractivity contribution in [1.29, 1.82) is 0 Å². The van der Waals surface area contributed by atoms with E-state index in [1.165, 1.54) is 13.2 Å². The number of halogens is 3. The number of hydrogen-bond acceptors (Lipinski definition) is 3. The summed E-state index contributed by atoms with van der Waals surface area (Å²) in [6.45, 7) is -1.35. The number of ether oxygens (including phenoxy) is 1. The van der Waals surface area contributed by atoms with Gasteiger partial charge in [0.05, 0.1) is 13.7 Å². The first-order valence-corrected chi connectivity index (χ1v) is 6.01. The Morgan fingerprint density at radius 1 is 1.50 bits per heavy atom. The summed E-state index contributed by atoms with van der Waals surface area (Å²) >= 11 is 0. The molecule has 0 aliphatic heterocycles. The molecule has 2 N–H and O–H groups in total. The van der Waals surface area contributed by atoms with E-state index in [2.05, 4.69) is 5.32 Å². The molecule has 7 heteroatoms. The third kappa shape index (κ3) is 2.58. The Bertz CT molecular complexity index is 530. The van der Waals surface area contributed by atoms with Gasteiger partial charge in [0.15, 0.2) is 0 Å². The maximum Gasteiger partial charge on any atom is 0.401 e. The molecule has 110 valence electrons. The molecule has 0 bridgehead atoms. The van der Waals surface area contributed by atoms with Gasteiger partial charge >= 0.3 is 12.1 Å². The number of carbonyl (C=O) groups is 1. The fourth-order valence-corrected chi connectivity index (χ4v) is 2.49. The number of methoxy groups -OCH3 is 1. The van der Waals surface area contributed by atoms with Crippen LogP contribution in [0.5, 0.6) is 5.75 Å². The monoisotopic (exact) mass is 289 g/mol. The van der Waals surface area contributed by atoms with Crippen LogP contribution in [0.15, 0.2) is 18.2 Å². The van der Waals surface area contributed by atoms with Crippen molar-refractivity contribution in [3.63, 3.8) is 0 Å². The van der Waals surface area contributed by atoms with Gasteiger partial charge in [0.2, 0.25) is 0 Å². The van der Waals surface area contributed by atoms with E-state index in [0.717, 1.165) is 5.56 Å². The first kappa shape index (κ1) is 14.6. The van der Waals surface area contributed by atoms with E-state index >= 15 is 0 Å². The number of fused-ring (bicyclic) bond motifs is 1. The lowest BCUT2D eigenvalue weighted by Gasteiger charge is -2.28. The van der Waals surface area contributed by atoms with Crippen molar-refractivity contribution in [1.82, 2.24) is 5.32 Å². The van der Waals surface area contributed by atoms with Gasteiger partial charge in [-0.2, -0.15) is 13.2 Å². The van der Waals surface area contributed by atoms with E-state index < -0.39 is 24.2 Å². The lowest BCUT2D eigenvalue weighted by Crippen LogP contribution is -2.50. The van der Waals surface area contributed by atoms with Crippen LogP contribution in [0.1, 0.15) is 17.5 Å². The third-order valence-electron chi connectivity index (χ3n) is 3.50. The molecule has 1 aliphatic rings. The Kier molecular flexibility index (Phi) is 3.64. The number of nitrogens with one attached hydrogen (secondary N) is 1. The van der Waals surface area contributed by atoms with Crippen LogP contribution >= 0.6 is 0 Å². The van der Waals surface area contributed by atoms with Gasteiger partial charge in [-0.15, -0.1) is 0 Å². The Morgan fingerprint density at radius 2 is 2.20 bits per heavy atom. The zero-order valence-electron chi connectivity index (χ0n) is 10.8. The second kappa shape index (κ2) is 4.97. The molecular weight excluding hydrogens is 275 g/mol. The van der Waals surface area contributed by atoms with Crippen LogP contribution in [0.25, 0.3) is 0 Å². The lowest BCUT2D eigenvalue weighted by molar-refractivity contribution is -0.150. The Hall–Kier alpha value is -1.76. The summed E-state index contributed by atoms with van der Waals surface area (Å²) in [6, 6.07) is 4.84. The number of alkyl halides is 3. The summed E-state index contributed by atoms with van der Waals surface area (Å²) in [6.07, 6.45) is -3.97. The summed E-state index contributed by atoms with van der Waals surface area (Å²) in [7, 11) is 1.42. The SMILES string of the molecule is COc1ccc2c(c1)C(NCC(F)(F)F)(C(=O)O)CC2. The van der Waals surface area contributed by atoms with Gasteiger partial charge in [-0.05, 0) is 36.1 Å². The van der Waals surface area contributed by atoms with Gasteiger partial charge < -0.3 is 9.84 Å². The van der Waals surface area contributed by atoms with Gasteiger partial charge in [-0.3, -0.25) is 5.32 Å². The predicted molar refractivity (Wildman–Crippen MR) is 64.7 cm³/mol. The minimum Gasteiger partial charge on any atom is -0.497 e. The molecule has 20 heavy (non-hydrogen) atoms. The van der Waals surface area contributed by atoms with Gasteiger partial charge in [-0.25, -0.2) is 4.79 Å². The van der Waals surface area contributed by atoms with Crippen molar-refractivity contribution in [3.05, 3.63) is 29.3 Å². The van der Waals surface area contributed by atoms with E-state index in [1.807, 2.05) is 0 Å². The summed E-state index contributed by atoms with van der Waals surface area (Å²) in [5.74, 6) is -0.890. The van der Waals surface area contributed by atoms with Crippen molar-refractivity contribution < 1.29 is 27.8 Å². The first-order valence-electron chi connectivity index (χ1n) is 6.01. The zero-order chi connectivity index (χ0) is 15.0. The van der Waals surface area contributed by atoms with Crippen molar-refractivity contribution in [2.24, 2.45) is 0 Å². The molecule has 1 unspecified atom stereocenters. The van der Waals surface area contributed by atoms with Crippen LogP contribution in [-0.2, 0) is 16.8 Å². The second-order valence-corrected chi connectivity index (χ2v) is 4.70. The quantitative estimate of drug-likeness (QED) is 0.891. The summed E-state index contributed by atoms with van der Waals surface area (Å²) < 4.78 is 42.2. The van der Waals surface area contributed by atoms with Crippen molar-refractivity contribution in [2.45, 2.75) is 24.6 Å². The molecule has 0 saturated heterocycles. The molecule has 4 nitrogen and oxygen atoms in total. The summed E-state index contributed by atoms with van der Waals surface area (Å²) in [5, 5.41) is 11.6. The van der Waals surface area contributed by atoms with Crippen molar-refractivity contribution in [3.8, 4) is 5.75 Å². The number of carboxylic acid groups (broad SMARTS) is 1. The Morgan fingerprint density at radius 3 is 2.75 bits per heavy atom. The molecule has 1 aliphatic carbocycles. The largest absolute Gasteiger partial charge is 0.497 e. The van der Waals surface area contributed by atoms with Crippen LogP contribution in [0.3, 0.4) is 0 Å². The van der Waals surface area contributed by atoms with Crippen molar-refractivity contribution in [2.75, 3.05) is 13.7 Å². The molecule has 1 aromatic carbocycles. The highest BCUT2D eigenvalue weighted by Crippen LogP contribution is 2.39. The number of rotatable bonds is 4. The number of hydrogen-bond donors (Lipinski definition) is 2. The highest BCUT2D eigenvalue weighted by molar-refractivity contribution is 5.83. The Labute approximate surface area is 113 Å². The van der Waals surface area contributed by atoms with Crippen molar-refractivity contribution >= 4 is 5.97 Å². The fourth-order valence-electron chi connectivity index (χ4n) is 2.49. The van der Waals surface area contributed by atoms with E-state index in [1.54, 1.807) is 12.1 Å². The molecule has 0 amide bonds. The summed E-state index contributed by atoms with van der Waals surface area (Å²) in [4.78, 5) is 11.5.